The van der Waals surface area contributed by atoms with E-state index >= 15 is 0 Å². The number of fused-ring (bicyclic) bond motifs is 1. The Kier molecular flexibility index (Phi) is 4.96. The zero-order valence-corrected chi connectivity index (χ0v) is 17.0. The molecule has 0 unspecified atom stereocenters. The fourth-order valence-electron chi connectivity index (χ4n) is 4.76. The van der Waals surface area contributed by atoms with Gasteiger partial charge < -0.3 is 4.90 Å². The van der Waals surface area contributed by atoms with Gasteiger partial charge in [-0.15, -0.1) is 0 Å². The molecule has 1 aliphatic carbocycles. The number of amides is 1. The topological polar surface area (TPSA) is 37.4 Å². The summed E-state index contributed by atoms with van der Waals surface area (Å²) in [5, 5.41) is 0. The molecular weight excluding hydrogens is 370 g/mol. The molecule has 3 aromatic rings. The van der Waals surface area contributed by atoms with Gasteiger partial charge in [0.25, 0.3) is 0 Å². The summed E-state index contributed by atoms with van der Waals surface area (Å²) in [6.45, 7) is 0.187. The lowest BCUT2D eigenvalue weighted by Crippen LogP contribution is -2.24. The van der Waals surface area contributed by atoms with Crippen molar-refractivity contribution in [2.75, 3.05) is 11.4 Å². The van der Waals surface area contributed by atoms with E-state index in [1.165, 1.54) is 36.0 Å². The van der Waals surface area contributed by atoms with Crippen LogP contribution in [0.5, 0.6) is 0 Å². The SMILES string of the molecule is O=C1CC(=O)N(c2cccc(-c3ccc(CCC4Cc5ccccc5C4)cc3)c2)C1. The van der Waals surface area contributed by atoms with E-state index < -0.39 is 0 Å². The Bertz CT molecular complexity index is 1070. The summed E-state index contributed by atoms with van der Waals surface area (Å²) in [4.78, 5) is 25.2. The smallest absolute Gasteiger partial charge is 0.234 e. The Labute approximate surface area is 177 Å². The maximum Gasteiger partial charge on any atom is 0.234 e. The molecule has 0 saturated carbocycles. The third kappa shape index (κ3) is 3.80. The normalized spacial score (nSPS) is 16.3. The van der Waals surface area contributed by atoms with Crippen molar-refractivity contribution >= 4 is 17.4 Å². The molecule has 2 aliphatic rings. The Morgan fingerprint density at radius 2 is 1.53 bits per heavy atom. The van der Waals surface area contributed by atoms with Crippen LogP contribution in [-0.4, -0.2) is 18.2 Å². The van der Waals surface area contributed by atoms with Crippen molar-refractivity contribution in [2.45, 2.75) is 32.1 Å². The predicted molar refractivity (Wildman–Crippen MR) is 120 cm³/mol. The molecule has 0 aromatic heterocycles. The van der Waals surface area contributed by atoms with Crippen molar-refractivity contribution in [3.8, 4) is 11.1 Å². The maximum atomic E-state index is 12.0. The number of anilines is 1. The minimum Gasteiger partial charge on any atom is -0.305 e. The molecule has 5 rings (SSSR count). The van der Waals surface area contributed by atoms with Crippen LogP contribution in [0.3, 0.4) is 0 Å². The fraction of sp³-hybridized carbons (Fsp3) is 0.259. The Hall–Kier alpha value is -3.20. The van der Waals surface area contributed by atoms with E-state index in [2.05, 4.69) is 54.6 Å². The van der Waals surface area contributed by atoms with E-state index in [1.807, 2.05) is 18.2 Å². The second-order valence-electron chi connectivity index (χ2n) is 8.52. The third-order valence-corrected chi connectivity index (χ3v) is 6.41. The number of rotatable bonds is 5. The van der Waals surface area contributed by atoms with Crippen molar-refractivity contribution in [1.82, 2.24) is 0 Å². The molecule has 3 heteroatoms. The summed E-state index contributed by atoms with van der Waals surface area (Å²) in [5.41, 5.74) is 7.41. The van der Waals surface area contributed by atoms with Crippen LogP contribution in [-0.2, 0) is 28.9 Å². The first-order chi connectivity index (χ1) is 14.7. The zero-order valence-electron chi connectivity index (χ0n) is 17.0. The zero-order chi connectivity index (χ0) is 20.5. The number of carbonyl (C=O) groups is 2. The van der Waals surface area contributed by atoms with Gasteiger partial charge in [-0.1, -0.05) is 60.7 Å². The lowest BCUT2D eigenvalue weighted by Gasteiger charge is -2.16. The molecule has 1 heterocycles. The number of ketones is 1. The first kappa shape index (κ1) is 18.8. The monoisotopic (exact) mass is 395 g/mol. The van der Waals surface area contributed by atoms with E-state index in [0.717, 1.165) is 29.2 Å². The molecule has 3 aromatic carbocycles. The number of aryl methyl sites for hydroxylation is 1. The molecule has 1 fully saturated rings. The summed E-state index contributed by atoms with van der Waals surface area (Å²) >= 11 is 0. The van der Waals surface area contributed by atoms with Gasteiger partial charge in [-0.25, -0.2) is 0 Å². The second kappa shape index (κ2) is 7.91. The van der Waals surface area contributed by atoms with Gasteiger partial charge in [0.2, 0.25) is 5.91 Å². The van der Waals surface area contributed by atoms with Crippen LogP contribution in [0.25, 0.3) is 11.1 Å². The Morgan fingerprint density at radius 3 is 2.20 bits per heavy atom. The molecule has 0 radical (unpaired) electrons. The standard InChI is InChI=1S/C27H25NO2/c29-26-17-27(30)28(18-26)25-7-3-6-24(16-25)21-12-10-19(11-13-21)8-9-20-14-22-4-1-2-5-23(22)15-20/h1-7,10-13,16,20H,8-9,14-15,17-18H2. The molecule has 1 aliphatic heterocycles. The molecule has 0 N–H and O–H groups in total. The minimum atomic E-state index is -0.110. The van der Waals surface area contributed by atoms with Crippen LogP contribution in [0.1, 0.15) is 29.5 Å². The summed E-state index contributed by atoms with van der Waals surface area (Å²) in [5.74, 6) is 0.626. The summed E-state index contributed by atoms with van der Waals surface area (Å²) in [6, 6.07) is 25.5. The lowest BCUT2D eigenvalue weighted by molar-refractivity contribution is -0.121. The average molecular weight is 396 g/mol. The molecular formula is C27H25NO2. The first-order valence-corrected chi connectivity index (χ1v) is 10.7. The molecule has 1 saturated heterocycles. The highest BCUT2D eigenvalue weighted by atomic mass is 16.2. The molecule has 30 heavy (non-hydrogen) atoms. The van der Waals surface area contributed by atoms with Crippen LogP contribution in [0.15, 0.2) is 72.8 Å². The van der Waals surface area contributed by atoms with E-state index in [4.69, 9.17) is 0 Å². The number of nitrogens with zero attached hydrogens (tertiary/aromatic N) is 1. The van der Waals surface area contributed by atoms with Gasteiger partial charge in [0, 0.05) is 5.69 Å². The number of Topliss-reactive ketones (excluding diaryl/α,β-unsaturated/α-hetero) is 1. The highest BCUT2D eigenvalue weighted by Crippen LogP contribution is 2.30. The molecule has 3 nitrogen and oxygen atoms in total. The number of hydrogen-bond donors (Lipinski definition) is 0. The second-order valence-corrected chi connectivity index (χ2v) is 8.52. The van der Waals surface area contributed by atoms with Gasteiger partial charge >= 0.3 is 0 Å². The maximum absolute atomic E-state index is 12.0. The summed E-state index contributed by atoms with van der Waals surface area (Å²) < 4.78 is 0. The number of benzene rings is 3. The average Bonchev–Trinajstić information content (AvgIpc) is 3.34. The lowest BCUT2D eigenvalue weighted by atomic mass is 9.95. The van der Waals surface area contributed by atoms with Gasteiger partial charge in [0.05, 0.1) is 13.0 Å². The van der Waals surface area contributed by atoms with Crippen LogP contribution in [0.4, 0.5) is 5.69 Å². The highest BCUT2D eigenvalue weighted by molar-refractivity contribution is 6.15. The van der Waals surface area contributed by atoms with Crippen molar-refractivity contribution in [3.05, 3.63) is 89.5 Å². The van der Waals surface area contributed by atoms with Gasteiger partial charge in [0.1, 0.15) is 0 Å². The van der Waals surface area contributed by atoms with Crippen LogP contribution >= 0.6 is 0 Å². The van der Waals surface area contributed by atoms with Crippen molar-refractivity contribution < 1.29 is 9.59 Å². The minimum absolute atomic E-state index is 0.0138. The molecule has 150 valence electrons. The van der Waals surface area contributed by atoms with Gasteiger partial charge in [-0.05, 0) is 71.6 Å². The highest BCUT2D eigenvalue weighted by Gasteiger charge is 2.28. The molecule has 0 atom stereocenters. The van der Waals surface area contributed by atoms with Crippen molar-refractivity contribution in [1.29, 1.82) is 0 Å². The Balaban J connectivity index is 1.24. The van der Waals surface area contributed by atoms with E-state index in [0.29, 0.717) is 0 Å². The van der Waals surface area contributed by atoms with Crippen LogP contribution in [0.2, 0.25) is 0 Å². The number of hydrogen-bond acceptors (Lipinski definition) is 2. The van der Waals surface area contributed by atoms with Crippen molar-refractivity contribution in [3.63, 3.8) is 0 Å². The van der Waals surface area contributed by atoms with E-state index in [9.17, 15) is 9.59 Å². The van der Waals surface area contributed by atoms with Gasteiger partial charge in [-0.3, -0.25) is 9.59 Å². The summed E-state index contributed by atoms with van der Waals surface area (Å²) in [6.07, 6.45) is 4.75. The molecule has 0 bridgehead atoms. The predicted octanol–water partition coefficient (Wildman–Crippen LogP) is 5.01. The quantitative estimate of drug-likeness (QED) is 0.570. The molecule has 0 spiro atoms. The van der Waals surface area contributed by atoms with Crippen LogP contribution in [0, 0.1) is 5.92 Å². The molecule has 1 amide bonds. The third-order valence-electron chi connectivity index (χ3n) is 6.41. The first-order valence-electron chi connectivity index (χ1n) is 10.7. The van der Waals surface area contributed by atoms with Gasteiger partial charge in [-0.2, -0.15) is 0 Å². The largest absolute Gasteiger partial charge is 0.305 e. The van der Waals surface area contributed by atoms with E-state index in [1.54, 1.807) is 4.90 Å². The number of carbonyl (C=O) groups excluding carboxylic acids is 2. The van der Waals surface area contributed by atoms with Gasteiger partial charge in [0.15, 0.2) is 5.78 Å². The Morgan fingerprint density at radius 1 is 0.800 bits per heavy atom. The van der Waals surface area contributed by atoms with Crippen molar-refractivity contribution in [2.24, 2.45) is 5.92 Å². The summed E-state index contributed by atoms with van der Waals surface area (Å²) in [7, 11) is 0. The fourth-order valence-corrected chi connectivity index (χ4v) is 4.76. The van der Waals surface area contributed by atoms with Crippen LogP contribution < -0.4 is 4.90 Å². The van der Waals surface area contributed by atoms with E-state index in [-0.39, 0.29) is 24.7 Å².